The molecular weight excluding hydrogens is 300 g/mol. The Morgan fingerprint density at radius 3 is 2.48 bits per heavy atom. The lowest BCUT2D eigenvalue weighted by molar-refractivity contribution is -0.384. The Morgan fingerprint density at radius 2 is 1.96 bits per heavy atom. The molecule has 0 unspecified atom stereocenters. The third kappa shape index (κ3) is 4.28. The van der Waals surface area contributed by atoms with E-state index >= 15 is 0 Å². The highest BCUT2D eigenvalue weighted by atomic mass is 16.6. The molecule has 1 aromatic rings. The summed E-state index contributed by atoms with van der Waals surface area (Å²) in [6.45, 7) is 5.24. The van der Waals surface area contributed by atoms with Gasteiger partial charge in [-0.2, -0.15) is 0 Å². The Balaban J connectivity index is 2.10. The van der Waals surface area contributed by atoms with Crippen LogP contribution in [0.1, 0.15) is 39.2 Å². The van der Waals surface area contributed by atoms with Crippen LogP contribution in [0, 0.1) is 10.1 Å². The zero-order valence-electron chi connectivity index (χ0n) is 13.4. The van der Waals surface area contributed by atoms with E-state index in [4.69, 9.17) is 4.74 Å². The minimum atomic E-state index is -0.669. The molecule has 0 saturated carbocycles. The van der Waals surface area contributed by atoms with Gasteiger partial charge in [-0.15, -0.1) is 0 Å². The van der Waals surface area contributed by atoms with Crippen molar-refractivity contribution < 1.29 is 19.2 Å². The fraction of sp³-hybridized carbons (Fsp3) is 0.500. The molecule has 0 bridgehead atoms. The van der Waals surface area contributed by atoms with E-state index in [1.807, 2.05) is 0 Å². The fourth-order valence-corrected chi connectivity index (χ4v) is 2.52. The number of imide groups is 1. The van der Waals surface area contributed by atoms with Crippen LogP contribution in [0.25, 0.3) is 0 Å². The molecule has 2 rings (SSSR count). The molecule has 0 aromatic heterocycles. The minimum absolute atomic E-state index is 0.0141. The average Bonchev–Trinajstić information content (AvgIpc) is 2.78. The molecule has 1 saturated heterocycles. The van der Waals surface area contributed by atoms with Crippen molar-refractivity contribution in [2.75, 3.05) is 0 Å². The summed E-state index contributed by atoms with van der Waals surface area (Å²) in [5, 5.41) is 10.7. The lowest BCUT2D eigenvalue weighted by Gasteiger charge is -2.27. The van der Waals surface area contributed by atoms with E-state index in [-0.39, 0.29) is 17.6 Å². The van der Waals surface area contributed by atoms with Crippen LogP contribution in [-0.4, -0.2) is 33.5 Å². The van der Waals surface area contributed by atoms with Crippen LogP contribution < -0.4 is 0 Å². The molecule has 0 aliphatic carbocycles. The number of amides is 2. The largest absolute Gasteiger partial charge is 0.443 e. The van der Waals surface area contributed by atoms with Gasteiger partial charge in [-0.1, -0.05) is 12.1 Å². The van der Waals surface area contributed by atoms with E-state index in [1.165, 1.54) is 17.0 Å². The van der Waals surface area contributed by atoms with Crippen molar-refractivity contribution in [1.29, 1.82) is 0 Å². The number of nitrogens with zero attached hydrogens (tertiary/aromatic N) is 2. The summed E-state index contributed by atoms with van der Waals surface area (Å²) >= 11 is 0. The zero-order chi connectivity index (χ0) is 17.2. The highest BCUT2D eigenvalue weighted by Crippen LogP contribution is 2.25. The summed E-state index contributed by atoms with van der Waals surface area (Å²) in [4.78, 5) is 35.6. The zero-order valence-corrected chi connectivity index (χ0v) is 13.4. The molecule has 1 atom stereocenters. The molecule has 7 nitrogen and oxygen atoms in total. The number of rotatable bonds is 3. The van der Waals surface area contributed by atoms with Crippen LogP contribution in [-0.2, 0) is 16.0 Å². The summed E-state index contributed by atoms with van der Waals surface area (Å²) < 4.78 is 5.29. The second-order valence-corrected chi connectivity index (χ2v) is 6.56. The molecular formula is C16H20N2O5. The maximum absolute atomic E-state index is 12.2. The SMILES string of the molecule is CC(C)(C)OC(=O)N1C(=O)CC[C@@H]1Cc1ccc([N+](=O)[O-])cc1. The normalized spacial score (nSPS) is 18.1. The van der Waals surface area contributed by atoms with Crippen LogP contribution in [0.15, 0.2) is 24.3 Å². The number of ether oxygens (including phenoxy) is 1. The van der Waals surface area contributed by atoms with Crippen molar-refractivity contribution in [3.8, 4) is 0 Å². The van der Waals surface area contributed by atoms with E-state index in [1.54, 1.807) is 32.9 Å². The number of nitro benzene ring substituents is 1. The fourth-order valence-electron chi connectivity index (χ4n) is 2.52. The van der Waals surface area contributed by atoms with Crippen LogP contribution in [0.2, 0.25) is 0 Å². The van der Waals surface area contributed by atoms with Crippen LogP contribution in [0.3, 0.4) is 0 Å². The van der Waals surface area contributed by atoms with Crippen molar-refractivity contribution in [3.63, 3.8) is 0 Å². The Bertz CT molecular complexity index is 618. The van der Waals surface area contributed by atoms with Crippen molar-refractivity contribution >= 4 is 17.7 Å². The number of carbonyl (C=O) groups is 2. The highest BCUT2D eigenvalue weighted by Gasteiger charge is 2.38. The molecule has 1 aliphatic heterocycles. The number of benzene rings is 1. The summed E-state index contributed by atoms with van der Waals surface area (Å²) in [5.74, 6) is -0.244. The number of hydrogen-bond donors (Lipinski definition) is 0. The first-order valence-electron chi connectivity index (χ1n) is 7.46. The van der Waals surface area contributed by atoms with Gasteiger partial charge in [0, 0.05) is 24.6 Å². The summed E-state index contributed by atoms with van der Waals surface area (Å²) in [7, 11) is 0. The van der Waals surface area contributed by atoms with Crippen molar-refractivity contribution in [3.05, 3.63) is 39.9 Å². The highest BCUT2D eigenvalue weighted by molar-refractivity contribution is 5.94. The third-order valence-corrected chi connectivity index (χ3v) is 3.53. The monoisotopic (exact) mass is 320 g/mol. The van der Waals surface area contributed by atoms with Gasteiger partial charge in [0.2, 0.25) is 5.91 Å². The van der Waals surface area contributed by atoms with E-state index in [0.29, 0.717) is 19.3 Å². The van der Waals surface area contributed by atoms with Crippen molar-refractivity contribution in [1.82, 2.24) is 4.90 Å². The molecule has 1 aromatic carbocycles. The van der Waals surface area contributed by atoms with E-state index in [2.05, 4.69) is 0 Å². The molecule has 124 valence electrons. The predicted molar refractivity (Wildman–Crippen MR) is 82.9 cm³/mol. The number of carbonyl (C=O) groups excluding carboxylic acids is 2. The number of nitro groups is 1. The van der Waals surface area contributed by atoms with Gasteiger partial charge in [-0.25, -0.2) is 9.69 Å². The van der Waals surface area contributed by atoms with Gasteiger partial charge >= 0.3 is 6.09 Å². The quantitative estimate of drug-likeness (QED) is 0.630. The average molecular weight is 320 g/mol. The summed E-state index contributed by atoms with van der Waals surface area (Å²) in [6, 6.07) is 5.86. The van der Waals surface area contributed by atoms with Crippen LogP contribution >= 0.6 is 0 Å². The van der Waals surface area contributed by atoms with Crippen molar-refractivity contribution in [2.24, 2.45) is 0 Å². The van der Waals surface area contributed by atoms with Crippen LogP contribution in [0.4, 0.5) is 10.5 Å². The molecule has 1 heterocycles. The standard InChI is InChI=1S/C16H20N2O5/c1-16(2,3)23-15(20)17-13(8-9-14(17)19)10-11-4-6-12(7-5-11)18(21)22/h4-7,13H,8-10H2,1-3H3/t13-/m1/s1. The van der Waals surface area contributed by atoms with Crippen LogP contribution in [0.5, 0.6) is 0 Å². The summed E-state index contributed by atoms with van der Waals surface area (Å²) in [5.41, 5.74) is 0.182. The number of likely N-dealkylation sites (tertiary alicyclic amines) is 1. The van der Waals surface area contributed by atoms with Gasteiger partial charge in [0.1, 0.15) is 5.60 Å². The first-order chi connectivity index (χ1) is 10.7. The van der Waals surface area contributed by atoms with Gasteiger partial charge in [0.25, 0.3) is 5.69 Å². The molecule has 7 heteroatoms. The molecule has 2 amide bonds. The first kappa shape index (κ1) is 16.9. The second-order valence-electron chi connectivity index (χ2n) is 6.56. The Kier molecular flexibility index (Phi) is 4.68. The van der Waals surface area contributed by atoms with Gasteiger partial charge in [-0.05, 0) is 39.2 Å². The van der Waals surface area contributed by atoms with E-state index < -0.39 is 16.6 Å². The second kappa shape index (κ2) is 6.36. The molecule has 1 fully saturated rings. The maximum atomic E-state index is 12.2. The molecule has 0 N–H and O–H groups in total. The lowest BCUT2D eigenvalue weighted by atomic mass is 10.0. The van der Waals surface area contributed by atoms with E-state index in [0.717, 1.165) is 5.56 Å². The Morgan fingerprint density at radius 1 is 1.35 bits per heavy atom. The smallest absolute Gasteiger partial charge is 0.417 e. The van der Waals surface area contributed by atoms with E-state index in [9.17, 15) is 19.7 Å². The topological polar surface area (TPSA) is 89.8 Å². The van der Waals surface area contributed by atoms with Gasteiger partial charge in [-0.3, -0.25) is 14.9 Å². The lowest BCUT2D eigenvalue weighted by Crippen LogP contribution is -2.43. The van der Waals surface area contributed by atoms with Gasteiger partial charge in [0.15, 0.2) is 0 Å². The number of hydrogen-bond acceptors (Lipinski definition) is 5. The Labute approximate surface area is 134 Å². The third-order valence-electron chi connectivity index (χ3n) is 3.53. The molecule has 0 spiro atoms. The molecule has 23 heavy (non-hydrogen) atoms. The summed E-state index contributed by atoms with van der Waals surface area (Å²) in [6.07, 6.45) is 0.696. The number of non-ortho nitro benzene ring substituents is 1. The van der Waals surface area contributed by atoms with Gasteiger partial charge < -0.3 is 4.74 Å². The maximum Gasteiger partial charge on any atom is 0.417 e. The molecule has 0 radical (unpaired) electrons. The molecule has 1 aliphatic rings. The first-order valence-corrected chi connectivity index (χ1v) is 7.46. The van der Waals surface area contributed by atoms with Gasteiger partial charge in [0.05, 0.1) is 4.92 Å². The van der Waals surface area contributed by atoms with Crippen molar-refractivity contribution in [2.45, 2.75) is 51.7 Å². The minimum Gasteiger partial charge on any atom is -0.443 e. The predicted octanol–water partition coefficient (Wildman–Crippen LogP) is 3.06. The Hall–Kier alpha value is -2.44.